The summed E-state index contributed by atoms with van der Waals surface area (Å²) in [4.78, 5) is 2.33. The molecule has 3 rings (SSSR count). The summed E-state index contributed by atoms with van der Waals surface area (Å²) in [5.74, 6) is -0.0989. The van der Waals surface area contributed by atoms with Crippen molar-refractivity contribution < 1.29 is 4.39 Å². The minimum absolute atomic E-state index is 0.0989. The maximum atomic E-state index is 13.7. The summed E-state index contributed by atoms with van der Waals surface area (Å²) in [6, 6.07) is 7.59. The van der Waals surface area contributed by atoms with Crippen molar-refractivity contribution in [3.8, 4) is 0 Å². The van der Waals surface area contributed by atoms with Gasteiger partial charge >= 0.3 is 0 Å². The zero-order valence-corrected chi connectivity index (χ0v) is 13.0. The standard InChI is InChI=1S/C17H23FN4/c1-13-15(11-20-21-13)10-19-16-6-8-22(9-7-16)12-14-4-2-3-5-17(14)18/h2-5,11,16,19H,6-10,12H2,1H3,(H,20,21). The number of hydrogen-bond acceptors (Lipinski definition) is 3. The third-order valence-electron chi connectivity index (χ3n) is 4.45. The molecule has 1 saturated heterocycles. The van der Waals surface area contributed by atoms with E-state index in [0.29, 0.717) is 12.6 Å². The van der Waals surface area contributed by atoms with E-state index < -0.39 is 0 Å². The molecule has 4 nitrogen and oxygen atoms in total. The van der Waals surface area contributed by atoms with E-state index in [0.717, 1.165) is 43.7 Å². The summed E-state index contributed by atoms with van der Waals surface area (Å²) in [6.45, 7) is 5.63. The second kappa shape index (κ2) is 7.03. The van der Waals surface area contributed by atoms with Crippen LogP contribution in [0.2, 0.25) is 0 Å². The fraction of sp³-hybridized carbons (Fsp3) is 0.471. The van der Waals surface area contributed by atoms with Crippen molar-refractivity contribution in [2.75, 3.05) is 13.1 Å². The number of piperidine rings is 1. The lowest BCUT2D eigenvalue weighted by Crippen LogP contribution is -2.42. The van der Waals surface area contributed by atoms with Crippen LogP contribution in [0.15, 0.2) is 30.5 Å². The number of H-pyrrole nitrogens is 1. The van der Waals surface area contributed by atoms with Gasteiger partial charge in [0.2, 0.25) is 0 Å². The van der Waals surface area contributed by atoms with Gasteiger partial charge in [-0.3, -0.25) is 10.00 Å². The first-order valence-electron chi connectivity index (χ1n) is 7.90. The van der Waals surface area contributed by atoms with Crippen molar-refractivity contribution in [1.29, 1.82) is 0 Å². The summed E-state index contributed by atoms with van der Waals surface area (Å²) in [5.41, 5.74) is 3.15. The van der Waals surface area contributed by atoms with Gasteiger partial charge in [-0.1, -0.05) is 18.2 Å². The van der Waals surface area contributed by atoms with Crippen LogP contribution in [0.1, 0.15) is 29.7 Å². The van der Waals surface area contributed by atoms with Crippen LogP contribution in [-0.4, -0.2) is 34.2 Å². The molecular weight excluding hydrogens is 279 g/mol. The van der Waals surface area contributed by atoms with E-state index in [1.807, 2.05) is 25.3 Å². The molecule has 5 heteroatoms. The molecule has 0 spiro atoms. The van der Waals surface area contributed by atoms with Crippen molar-refractivity contribution in [1.82, 2.24) is 20.4 Å². The molecule has 0 bridgehead atoms. The van der Waals surface area contributed by atoms with Crippen molar-refractivity contribution in [3.05, 3.63) is 53.1 Å². The topological polar surface area (TPSA) is 44.0 Å². The molecule has 0 radical (unpaired) electrons. The highest BCUT2D eigenvalue weighted by Gasteiger charge is 2.19. The molecule has 1 fully saturated rings. The fourth-order valence-corrected chi connectivity index (χ4v) is 2.97. The Kier molecular flexibility index (Phi) is 4.85. The number of rotatable bonds is 5. The van der Waals surface area contributed by atoms with Crippen LogP contribution >= 0.6 is 0 Å². The SMILES string of the molecule is Cc1[nH]ncc1CNC1CCN(Cc2ccccc2F)CC1. The first-order chi connectivity index (χ1) is 10.7. The van der Waals surface area contributed by atoms with Crippen LogP contribution in [0.5, 0.6) is 0 Å². The van der Waals surface area contributed by atoms with Gasteiger partial charge in [0, 0.05) is 36.0 Å². The molecule has 2 N–H and O–H groups in total. The van der Waals surface area contributed by atoms with Crippen molar-refractivity contribution in [2.24, 2.45) is 0 Å². The molecule has 118 valence electrons. The van der Waals surface area contributed by atoms with Crippen LogP contribution in [0.3, 0.4) is 0 Å². The Morgan fingerprint density at radius 1 is 1.27 bits per heavy atom. The van der Waals surface area contributed by atoms with Gasteiger partial charge in [-0.2, -0.15) is 5.10 Å². The molecule has 0 amide bonds. The maximum Gasteiger partial charge on any atom is 0.127 e. The minimum Gasteiger partial charge on any atom is -0.310 e. The van der Waals surface area contributed by atoms with Crippen molar-refractivity contribution in [3.63, 3.8) is 0 Å². The molecule has 1 aromatic carbocycles. The monoisotopic (exact) mass is 302 g/mol. The second-order valence-corrected chi connectivity index (χ2v) is 6.04. The number of halogens is 1. The zero-order chi connectivity index (χ0) is 15.4. The Morgan fingerprint density at radius 3 is 2.73 bits per heavy atom. The largest absolute Gasteiger partial charge is 0.310 e. The summed E-state index contributed by atoms with van der Waals surface area (Å²) < 4.78 is 13.7. The fourth-order valence-electron chi connectivity index (χ4n) is 2.97. The molecule has 1 aromatic heterocycles. The van der Waals surface area contributed by atoms with E-state index in [9.17, 15) is 4.39 Å². The first kappa shape index (κ1) is 15.2. The van der Waals surface area contributed by atoms with Crippen LogP contribution < -0.4 is 5.32 Å². The van der Waals surface area contributed by atoms with Gasteiger partial charge < -0.3 is 5.32 Å². The lowest BCUT2D eigenvalue weighted by Gasteiger charge is -2.32. The van der Waals surface area contributed by atoms with Crippen LogP contribution in [-0.2, 0) is 13.1 Å². The van der Waals surface area contributed by atoms with E-state index in [1.54, 1.807) is 6.07 Å². The summed E-state index contributed by atoms with van der Waals surface area (Å²) in [5, 5.41) is 10.6. The third kappa shape index (κ3) is 3.72. The van der Waals surface area contributed by atoms with E-state index in [1.165, 1.54) is 11.6 Å². The normalized spacial score (nSPS) is 17.0. The van der Waals surface area contributed by atoms with E-state index in [4.69, 9.17) is 0 Å². The van der Waals surface area contributed by atoms with Crippen molar-refractivity contribution in [2.45, 2.75) is 38.9 Å². The van der Waals surface area contributed by atoms with Crippen LogP contribution in [0, 0.1) is 12.7 Å². The molecule has 1 aliphatic heterocycles. The Bertz CT molecular complexity index is 602. The first-order valence-corrected chi connectivity index (χ1v) is 7.90. The predicted molar refractivity (Wildman–Crippen MR) is 84.9 cm³/mol. The van der Waals surface area contributed by atoms with Gasteiger partial charge in [-0.25, -0.2) is 4.39 Å². The Morgan fingerprint density at radius 2 is 2.05 bits per heavy atom. The number of likely N-dealkylation sites (tertiary alicyclic amines) is 1. The number of benzene rings is 1. The van der Waals surface area contributed by atoms with Gasteiger partial charge in [-0.05, 0) is 38.9 Å². The number of hydrogen-bond donors (Lipinski definition) is 2. The second-order valence-electron chi connectivity index (χ2n) is 6.04. The number of nitrogens with zero attached hydrogens (tertiary/aromatic N) is 2. The summed E-state index contributed by atoms with van der Waals surface area (Å²) in [6.07, 6.45) is 4.09. The third-order valence-corrected chi connectivity index (χ3v) is 4.45. The van der Waals surface area contributed by atoms with E-state index in [-0.39, 0.29) is 5.82 Å². The Hall–Kier alpha value is -1.72. The van der Waals surface area contributed by atoms with Gasteiger partial charge in [0.25, 0.3) is 0 Å². The van der Waals surface area contributed by atoms with Gasteiger partial charge in [0.05, 0.1) is 6.20 Å². The van der Waals surface area contributed by atoms with Crippen LogP contribution in [0.25, 0.3) is 0 Å². The molecule has 0 unspecified atom stereocenters. The van der Waals surface area contributed by atoms with Gasteiger partial charge in [0.1, 0.15) is 5.82 Å². The van der Waals surface area contributed by atoms with Crippen molar-refractivity contribution >= 4 is 0 Å². The highest BCUT2D eigenvalue weighted by Crippen LogP contribution is 2.16. The van der Waals surface area contributed by atoms with Gasteiger partial charge in [0.15, 0.2) is 0 Å². The number of aromatic nitrogens is 2. The highest BCUT2D eigenvalue weighted by atomic mass is 19.1. The van der Waals surface area contributed by atoms with Gasteiger partial charge in [-0.15, -0.1) is 0 Å². The molecular formula is C17H23FN4. The lowest BCUT2D eigenvalue weighted by molar-refractivity contribution is 0.188. The smallest absolute Gasteiger partial charge is 0.127 e. The quantitative estimate of drug-likeness (QED) is 0.892. The molecule has 2 aromatic rings. The zero-order valence-electron chi connectivity index (χ0n) is 13.0. The molecule has 1 aliphatic rings. The molecule has 2 heterocycles. The summed E-state index contributed by atoms with van der Waals surface area (Å²) >= 11 is 0. The van der Waals surface area contributed by atoms with Crippen LogP contribution in [0.4, 0.5) is 4.39 Å². The number of aryl methyl sites for hydroxylation is 1. The Labute approximate surface area is 130 Å². The minimum atomic E-state index is -0.0989. The Balaban J connectivity index is 1.44. The number of aromatic amines is 1. The average Bonchev–Trinajstić information content (AvgIpc) is 2.94. The predicted octanol–water partition coefficient (Wildman–Crippen LogP) is 2.61. The maximum absolute atomic E-state index is 13.7. The van der Waals surface area contributed by atoms with E-state index in [2.05, 4.69) is 20.4 Å². The summed E-state index contributed by atoms with van der Waals surface area (Å²) in [7, 11) is 0. The highest BCUT2D eigenvalue weighted by molar-refractivity contribution is 5.17. The number of nitrogens with one attached hydrogen (secondary N) is 2. The molecule has 0 saturated carbocycles. The molecule has 22 heavy (non-hydrogen) atoms. The average molecular weight is 302 g/mol. The van der Waals surface area contributed by atoms with E-state index >= 15 is 0 Å². The lowest BCUT2D eigenvalue weighted by atomic mass is 10.0. The molecule has 0 aliphatic carbocycles. The molecule has 0 atom stereocenters.